The molecular formula is C12H15ClN6O3. The van der Waals surface area contributed by atoms with E-state index in [2.05, 4.69) is 20.7 Å². The third-order valence-corrected chi connectivity index (χ3v) is 2.39. The van der Waals surface area contributed by atoms with Crippen molar-refractivity contribution >= 4 is 30.5 Å². The maximum atomic E-state index is 11.0. The molecule has 0 bridgehead atoms. The summed E-state index contributed by atoms with van der Waals surface area (Å²) in [6, 6.07) is 5.02. The molecule has 10 heteroatoms. The predicted octanol–water partition coefficient (Wildman–Crippen LogP) is 0.794. The van der Waals surface area contributed by atoms with E-state index in [1.165, 1.54) is 31.3 Å². The zero-order valence-electron chi connectivity index (χ0n) is 11.9. The van der Waals surface area contributed by atoms with E-state index >= 15 is 0 Å². The van der Waals surface area contributed by atoms with Crippen molar-refractivity contribution in [2.24, 2.45) is 5.10 Å². The molecule has 0 unspecified atom stereocenters. The maximum absolute atomic E-state index is 11.0. The molecule has 0 aliphatic carbocycles. The van der Waals surface area contributed by atoms with Gasteiger partial charge in [0.05, 0.1) is 13.3 Å². The number of nitrogens with one attached hydrogen (secondary N) is 1. The van der Waals surface area contributed by atoms with Gasteiger partial charge in [0.25, 0.3) is 5.95 Å². The van der Waals surface area contributed by atoms with E-state index in [1.807, 2.05) is 0 Å². The number of aromatic nitrogens is 3. The molecule has 0 aliphatic heterocycles. The number of rotatable bonds is 5. The second-order valence-electron chi connectivity index (χ2n) is 3.94. The SMILES string of the molecule is COc1cc(/C=N/Nc2nncn2N)ccc1OC(C)=O.Cl. The van der Waals surface area contributed by atoms with E-state index in [0.717, 1.165) is 5.56 Å². The van der Waals surface area contributed by atoms with Gasteiger partial charge in [-0.2, -0.15) is 5.10 Å². The van der Waals surface area contributed by atoms with Crippen molar-refractivity contribution in [2.75, 3.05) is 18.4 Å². The Bertz CT molecular complexity index is 673. The number of carbonyl (C=O) groups is 1. The number of nitrogen functional groups attached to an aromatic ring is 1. The third-order valence-electron chi connectivity index (χ3n) is 2.39. The van der Waals surface area contributed by atoms with Crippen LogP contribution < -0.4 is 20.7 Å². The molecule has 0 aliphatic rings. The van der Waals surface area contributed by atoms with Crippen LogP contribution in [0.1, 0.15) is 12.5 Å². The normalized spacial score (nSPS) is 10.1. The van der Waals surface area contributed by atoms with Gasteiger partial charge >= 0.3 is 5.97 Å². The van der Waals surface area contributed by atoms with E-state index in [-0.39, 0.29) is 12.4 Å². The van der Waals surface area contributed by atoms with Gasteiger partial charge in [-0.25, -0.2) is 10.1 Å². The van der Waals surface area contributed by atoms with Gasteiger partial charge in [-0.3, -0.25) is 4.79 Å². The standard InChI is InChI=1S/C12H14N6O3.ClH/c1-8(19)21-10-4-3-9(5-11(10)20-2)6-14-16-12-17-15-7-18(12)13;/h3-7H,13H2,1-2H3,(H,16,17);1H/b14-6+;. The summed E-state index contributed by atoms with van der Waals surface area (Å²) in [5, 5.41) is 11.3. The number of ether oxygens (including phenoxy) is 2. The second-order valence-corrected chi connectivity index (χ2v) is 3.94. The van der Waals surface area contributed by atoms with Crippen LogP contribution in [0.4, 0.5) is 5.95 Å². The van der Waals surface area contributed by atoms with Gasteiger partial charge in [0, 0.05) is 6.92 Å². The molecule has 3 N–H and O–H groups in total. The summed E-state index contributed by atoms with van der Waals surface area (Å²) in [4.78, 5) is 11.0. The summed E-state index contributed by atoms with van der Waals surface area (Å²) in [7, 11) is 1.48. The van der Waals surface area contributed by atoms with Crippen molar-refractivity contribution in [3.63, 3.8) is 0 Å². The Morgan fingerprint density at radius 2 is 2.23 bits per heavy atom. The Kier molecular flexibility index (Phi) is 6.14. The van der Waals surface area contributed by atoms with Crippen LogP contribution in [0.25, 0.3) is 0 Å². The lowest BCUT2D eigenvalue weighted by Crippen LogP contribution is -2.10. The molecule has 22 heavy (non-hydrogen) atoms. The van der Waals surface area contributed by atoms with Crippen LogP contribution in [0.5, 0.6) is 11.5 Å². The fourth-order valence-corrected chi connectivity index (χ4v) is 1.49. The molecule has 1 heterocycles. The third kappa shape index (κ3) is 4.35. The molecule has 0 radical (unpaired) electrons. The van der Waals surface area contributed by atoms with Gasteiger partial charge in [0.15, 0.2) is 11.5 Å². The summed E-state index contributed by atoms with van der Waals surface area (Å²) in [5.74, 6) is 6.17. The van der Waals surface area contributed by atoms with E-state index in [1.54, 1.807) is 18.2 Å². The van der Waals surface area contributed by atoms with E-state index in [0.29, 0.717) is 17.4 Å². The van der Waals surface area contributed by atoms with Crippen LogP contribution >= 0.6 is 12.4 Å². The molecule has 2 aromatic rings. The second kappa shape index (κ2) is 7.84. The number of methoxy groups -OCH3 is 1. The summed E-state index contributed by atoms with van der Waals surface area (Å²) >= 11 is 0. The first kappa shape index (κ1) is 17.2. The number of nitrogens with zero attached hydrogens (tertiary/aromatic N) is 4. The quantitative estimate of drug-likeness (QED) is 0.274. The molecule has 0 fully saturated rings. The highest BCUT2D eigenvalue weighted by Gasteiger charge is 2.07. The first-order valence-electron chi connectivity index (χ1n) is 5.91. The first-order chi connectivity index (χ1) is 10.1. The van der Waals surface area contributed by atoms with Gasteiger partial charge < -0.3 is 15.3 Å². The number of hydrazone groups is 1. The van der Waals surface area contributed by atoms with Crippen LogP contribution in [-0.2, 0) is 4.79 Å². The monoisotopic (exact) mass is 326 g/mol. The summed E-state index contributed by atoms with van der Waals surface area (Å²) in [6.07, 6.45) is 2.88. The highest BCUT2D eigenvalue weighted by molar-refractivity contribution is 5.85. The average Bonchev–Trinajstić information content (AvgIpc) is 2.85. The molecule has 0 saturated carbocycles. The van der Waals surface area contributed by atoms with Crippen LogP contribution in [0.15, 0.2) is 29.6 Å². The number of hydrogen-bond acceptors (Lipinski definition) is 8. The highest BCUT2D eigenvalue weighted by Crippen LogP contribution is 2.27. The Hall–Kier alpha value is -2.81. The molecule has 0 spiro atoms. The zero-order valence-corrected chi connectivity index (χ0v) is 12.7. The van der Waals surface area contributed by atoms with E-state index in [4.69, 9.17) is 15.3 Å². The van der Waals surface area contributed by atoms with Gasteiger partial charge in [0.1, 0.15) is 6.33 Å². The minimum Gasteiger partial charge on any atom is -0.493 e. The summed E-state index contributed by atoms with van der Waals surface area (Å²) in [5.41, 5.74) is 3.37. The van der Waals surface area contributed by atoms with Crippen LogP contribution in [0.3, 0.4) is 0 Å². The topological polar surface area (TPSA) is 117 Å². The molecule has 2 rings (SSSR count). The van der Waals surface area contributed by atoms with Crippen molar-refractivity contribution in [1.82, 2.24) is 14.9 Å². The average molecular weight is 327 g/mol. The van der Waals surface area contributed by atoms with E-state index < -0.39 is 5.97 Å². The predicted molar refractivity (Wildman–Crippen MR) is 82.9 cm³/mol. The first-order valence-corrected chi connectivity index (χ1v) is 5.91. The number of halogens is 1. The number of carbonyl (C=O) groups excluding carboxylic acids is 1. The molecule has 1 aromatic carbocycles. The lowest BCUT2D eigenvalue weighted by atomic mass is 10.2. The fourth-order valence-electron chi connectivity index (χ4n) is 1.49. The lowest BCUT2D eigenvalue weighted by molar-refractivity contribution is -0.132. The molecule has 1 aromatic heterocycles. The Labute approximate surface area is 132 Å². The van der Waals surface area contributed by atoms with Crippen molar-refractivity contribution < 1.29 is 14.3 Å². The Morgan fingerprint density at radius 1 is 1.45 bits per heavy atom. The van der Waals surface area contributed by atoms with Gasteiger partial charge in [0.2, 0.25) is 0 Å². The molecule has 0 atom stereocenters. The van der Waals surface area contributed by atoms with Crippen LogP contribution in [0, 0.1) is 0 Å². The molecular weight excluding hydrogens is 312 g/mol. The van der Waals surface area contributed by atoms with Gasteiger partial charge in [-0.05, 0) is 23.8 Å². The minimum absolute atomic E-state index is 0. The number of nitrogens with two attached hydrogens (primary N) is 1. The Morgan fingerprint density at radius 3 is 2.82 bits per heavy atom. The van der Waals surface area contributed by atoms with Crippen LogP contribution in [0.2, 0.25) is 0 Å². The van der Waals surface area contributed by atoms with Crippen molar-refractivity contribution in [3.05, 3.63) is 30.1 Å². The lowest BCUT2D eigenvalue weighted by Gasteiger charge is -2.08. The van der Waals surface area contributed by atoms with Gasteiger partial charge in [-0.1, -0.05) is 0 Å². The van der Waals surface area contributed by atoms with Crippen molar-refractivity contribution in [2.45, 2.75) is 6.92 Å². The fraction of sp³-hybridized carbons (Fsp3) is 0.167. The summed E-state index contributed by atoms with van der Waals surface area (Å²) in [6.45, 7) is 1.32. The smallest absolute Gasteiger partial charge is 0.308 e. The van der Waals surface area contributed by atoms with Crippen molar-refractivity contribution in [3.8, 4) is 11.5 Å². The summed E-state index contributed by atoms with van der Waals surface area (Å²) < 4.78 is 11.4. The van der Waals surface area contributed by atoms with Gasteiger partial charge in [-0.15, -0.1) is 22.6 Å². The molecule has 0 saturated heterocycles. The largest absolute Gasteiger partial charge is 0.493 e. The molecule has 9 nitrogen and oxygen atoms in total. The molecule has 0 amide bonds. The number of esters is 1. The number of anilines is 1. The molecule has 118 valence electrons. The number of hydrogen-bond donors (Lipinski definition) is 2. The maximum Gasteiger partial charge on any atom is 0.308 e. The minimum atomic E-state index is -0.418. The van der Waals surface area contributed by atoms with E-state index in [9.17, 15) is 4.79 Å². The Balaban J connectivity index is 0.00000242. The van der Waals surface area contributed by atoms with Crippen molar-refractivity contribution in [1.29, 1.82) is 0 Å². The zero-order chi connectivity index (χ0) is 15.2. The number of benzene rings is 1. The highest BCUT2D eigenvalue weighted by atomic mass is 35.5. The van der Waals surface area contributed by atoms with Crippen LogP contribution in [-0.4, -0.2) is 34.2 Å².